The topological polar surface area (TPSA) is 177 Å². The molecule has 0 aliphatic heterocycles. The number of azide groups is 3. The van der Waals surface area contributed by atoms with E-state index in [4.69, 9.17) is 30.8 Å². The molecule has 280 valence electrons. The van der Waals surface area contributed by atoms with E-state index >= 15 is 0 Å². The van der Waals surface area contributed by atoms with Gasteiger partial charge in [0, 0.05) is 46.3 Å². The molecule has 13 nitrogen and oxygen atoms in total. The zero-order valence-electron chi connectivity index (χ0n) is 31.3. The van der Waals surface area contributed by atoms with Crippen molar-refractivity contribution < 1.29 is 14.2 Å². The van der Waals surface area contributed by atoms with Crippen LogP contribution in [-0.4, -0.2) is 76.3 Å². The van der Waals surface area contributed by atoms with E-state index in [0.29, 0.717) is 75.0 Å². The standard InChI is InChI=1S/C38H60N10O3/c1-27(9-8-19-48(4)26-28-10-6-5-7-11-28)31-12-13-32-36-33(25-35(38(31,32)3)51-22-18-44-47-41)37(2)15-14-30(49-20-16-42-45-39)23-29(37)24-34(36)50-21-17-43-46-40/h5-7,10-11,27,29-36H,8-9,12-26H2,1-4H3/t27-,29?,30+,31-,32+,33+,34-,35+,36?,37+,38-/m1/s1. The molecule has 13 heteroatoms. The Labute approximate surface area is 304 Å². The van der Waals surface area contributed by atoms with Gasteiger partial charge in [0.05, 0.1) is 38.1 Å². The Balaban J connectivity index is 1.36. The van der Waals surface area contributed by atoms with Crippen LogP contribution in [0.2, 0.25) is 0 Å². The van der Waals surface area contributed by atoms with Crippen molar-refractivity contribution >= 4 is 0 Å². The van der Waals surface area contributed by atoms with Gasteiger partial charge in [0.25, 0.3) is 0 Å². The average Bonchev–Trinajstić information content (AvgIpc) is 3.49. The molecule has 0 amide bonds. The van der Waals surface area contributed by atoms with E-state index in [1.807, 2.05) is 0 Å². The highest BCUT2D eigenvalue weighted by atomic mass is 16.5. The van der Waals surface area contributed by atoms with Crippen molar-refractivity contribution in [1.29, 1.82) is 0 Å². The van der Waals surface area contributed by atoms with Crippen LogP contribution in [0.5, 0.6) is 0 Å². The Bertz CT molecular complexity index is 1400. The van der Waals surface area contributed by atoms with Crippen LogP contribution in [0.3, 0.4) is 0 Å². The first-order valence-corrected chi connectivity index (χ1v) is 19.4. The molecule has 4 aliphatic rings. The van der Waals surface area contributed by atoms with Gasteiger partial charge < -0.3 is 19.1 Å². The van der Waals surface area contributed by atoms with Crippen LogP contribution in [0, 0.1) is 46.3 Å². The summed E-state index contributed by atoms with van der Waals surface area (Å²) in [4.78, 5) is 11.3. The van der Waals surface area contributed by atoms with E-state index in [0.717, 1.165) is 51.6 Å². The van der Waals surface area contributed by atoms with Crippen LogP contribution in [0.15, 0.2) is 45.7 Å². The van der Waals surface area contributed by atoms with E-state index in [2.05, 4.69) is 93.1 Å². The number of hydrogen-bond acceptors (Lipinski definition) is 7. The molecule has 1 aromatic rings. The van der Waals surface area contributed by atoms with E-state index in [1.165, 1.54) is 24.8 Å². The second-order valence-electron chi connectivity index (χ2n) is 16.3. The molecule has 0 aromatic heterocycles. The molecule has 0 N–H and O–H groups in total. The SMILES string of the molecule is C[C@H](CCCN(C)Cc1ccccc1)[C@H]1CC[C@H]2C3[C@H](OCCN=[N+]=[N-])CC4C[C@@H](OCCN=[N+]=[N-])CC[C@]4(C)[C@H]3C[C@H](OCCN=[N+]=[N-])[C@]12C. The summed E-state index contributed by atoms with van der Waals surface area (Å²) in [7, 11) is 2.22. The summed E-state index contributed by atoms with van der Waals surface area (Å²) in [5.41, 5.74) is 28.1. The Kier molecular flexibility index (Phi) is 14.3. The third kappa shape index (κ3) is 9.14. The minimum Gasteiger partial charge on any atom is -0.378 e. The normalized spacial score (nSPS) is 34.6. The van der Waals surface area contributed by atoms with Crippen LogP contribution in [0.25, 0.3) is 31.3 Å². The average molecular weight is 705 g/mol. The molecular formula is C38H60N10O3. The third-order valence-corrected chi connectivity index (χ3v) is 13.7. The van der Waals surface area contributed by atoms with Crippen molar-refractivity contribution in [2.24, 2.45) is 61.7 Å². The van der Waals surface area contributed by atoms with Crippen molar-refractivity contribution in [1.82, 2.24) is 4.90 Å². The number of rotatable bonds is 19. The van der Waals surface area contributed by atoms with E-state index in [1.54, 1.807) is 0 Å². The Morgan fingerprint density at radius 2 is 1.51 bits per heavy atom. The molecule has 1 aromatic carbocycles. The monoisotopic (exact) mass is 704 g/mol. The third-order valence-electron chi connectivity index (χ3n) is 13.7. The van der Waals surface area contributed by atoms with Gasteiger partial charge in [0.15, 0.2) is 0 Å². The van der Waals surface area contributed by atoms with E-state index < -0.39 is 0 Å². The lowest BCUT2D eigenvalue weighted by Gasteiger charge is -2.64. The van der Waals surface area contributed by atoms with E-state index in [9.17, 15) is 0 Å². The van der Waals surface area contributed by atoms with Crippen molar-refractivity contribution in [2.75, 3.05) is 53.0 Å². The predicted octanol–water partition coefficient (Wildman–Crippen LogP) is 9.50. The van der Waals surface area contributed by atoms with Crippen molar-refractivity contribution in [3.8, 4) is 0 Å². The van der Waals surface area contributed by atoms with Crippen LogP contribution in [0.1, 0.15) is 84.1 Å². The van der Waals surface area contributed by atoms with Crippen LogP contribution >= 0.6 is 0 Å². The number of nitrogens with zero attached hydrogens (tertiary/aromatic N) is 10. The van der Waals surface area contributed by atoms with Crippen LogP contribution in [-0.2, 0) is 20.8 Å². The first-order chi connectivity index (χ1) is 24.8. The molecule has 0 spiro atoms. The lowest BCUT2D eigenvalue weighted by molar-refractivity contribution is -0.226. The first kappa shape index (κ1) is 39.2. The van der Waals surface area contributed by atoms with Gasteiger partial charge in [-0.05, 0) is 134 Å². The molecule has 2 unspecified atom stereocenters. The number of ether oxygens (including phenoxy) is 3. The maximum Gasteiger partial charge on any atom is 0.0637 e. The fourth-order valence-corrected chi connectivity index (χ4v) is 11.4. The van der Waals surface area contributed by atoms with Crippen molar-refractivity contribution in [2.45, 2.75) is 103 Å². The van der Waals surface area contributed by atoms with Crippen molar-refractivity contribution in [3.63, 3.8) is 0 Å². The number of fused-ring (bicyclic) bond motifs is 5. The molecule has 4 fully saturated rings. The summed E-state index contributed by atoms with van der Waals surface area (Å²) in [5, 5.41) is 11.3. The van der Waals surface area contributed by atoms with Crippen LogP contribution in [0.4, 0.5) is 0 Å². The molecule has 0 heterocycles. The molecular weight excluding hydrogens is 644 g/mol. The fourth-order valence-electron chi connectivity index (χ4n) is 11.4. The zero-order chi connectivity index (χ0) is 36.3. The lowest BCUT2D eigenvalue weighted by atomic mass is 9.43. The maximum atomic E-state index is 9.00. The molecule has 0 saturated heterocycles. The molecule has 0 bridgehead atoms. The smallest absolute Gasteiger partial charge is 0.0637 e. The van der Waals surface area contributed by atoms with Crippen LogP contribution < -0.4 is 0 Å². The molecule has 0 radical (unpaired) electrons. The molecule has 5 rings (SSSR count). The Morgan fingerprint density at radius 1 is 0.843 bits per heavy atom. The second kappa shape index (κ2) is 18.7. The Hall–Kier alpha value is -3.01. The minimum atomic E-state index is -0.0237. The largest absolute Gasteiger partial charge is 0.378 e. The molecule has 51 heavy (non-hydrogen) atoms. The van der Waals surface area contributed by atoms with Gasteiger partial charge in [0.1, 0.15) is 0 Å². The number of hydrogen-bond donors (Lipinski definition) is 0. The highest BCUT2D eigenvalue weighted by Crippen LogP contribution is 2.69. The highest BCUT2D eigenvalue weighted by Gasteiger charge is 2.66. The second-order valence-corrected chi connectivity index (χ2v) is 16.3. The highest BCUT2D eigenvalue weighted by molar-refractivity contribution is 5.16. The van der Waals surface area contributed by atoms with E-state index in [-0.39, 0.29) is 29.1 Å². The predicted molar refractivity (Wildman–Crippen MR) is 198 cm³/mol. The molecule has 11 atom stereocenters. The fraction of sp³-hybridized carbons (Fsp3) is 0.842. The summed E-state index contributed by atoms with van der Waals surface area (Å²) in [6, 6.07) is 10.7. The minimum absolute atomic E-state index is 0.0237. The first-order valence-electron chi connectivity index (χ1n) is 19.4. The summed E-state index contributed by atoms with van der Waals surface area (Å²) in [5.74, 6) is 2.79. The summed E-state index contributed by atoms with van der Waals surface area (Å²) in [6.07, 6.45) is 10.00. The lowest BCUT2D eigenvalue weighted by Crippen LogP contribution is -2.63. The Morgan fingerprint density at radius 3 is 2.20 bits per heavy atom. The summed E-state index contributed by atoms with van der Waals surface area (Å²) in [6.45, 7) is 11.9. The van der Waals surface area contributed by atoms with Crippen molar-refractivity contribution in [3.05, 3.63) is 67.2 Å². The van der Waals surface area contributed by atoms with Gasteiger partial charge in [-0.1, -0.05) is 66.4 Å². The van der Waals surface area contributed by atoms with Gasteiger partial charge in [-0.25, -0.2) is 0 Å². The summed E-state index contributed by atoms with van der Waals surface area (Å²) >= 11 is 0. The van der Waals surface area contributed by atoms with Gasteiger partial charge in [-0.15, -0.1) is 0 Å². The zero-order valence-corrected chi connectivity index (χ0v) is 31.3. The van der Waals surface area contributed by atoms with Gasteiger partial charge >= 0.3 is 0 Å². The summed E-state index contributed by atoms with van der Waals surface area (Å²) < 4.78 is 19.9. The molecule has 4 aliphatic carbocycles. The maximum absolute atomic E-state index is 9.00. The van der Waals surface area contributed by atoms with Gasteiger partial charge in [-0.3, -0.25) is 0 Å². The quantitative estimate of drug-likeness (QED) is 0.0603. The van der Waals surface area contributed by atoms with Gasteiger partial charge in [0.2, 0.25) is 0 Å². The molecule has 4 saturated carbocycles. The van der Waals surface area contributed by atoms with Gasteiger partial charge in [-0.2, -0.15) is 0 Å². The number of benzene rings is 1.